The number of hydrogen-bond acceptors (Lipinski definition) is 5. The van der Waals surface area contributed by atoms with Crippen LogP contribution in [0.15, 0.2) is 42.5 Å². The average molecular weight is 338 g/mol. The number of nitrogens with two attached hydrogens (primary N) is 1. The molecule has 0 amide bonds. The third-order valence-corrected chi connectivity index (χ3v) is 3.83. The fourth-order valence-electron chi connectivity index (χ4n) is 2.72. The van der Waals surface area contributed by atoms with Crippen molar-refractivity contribution in [1.29, 1.82) is 0 Å². The molecule has 2 atom stereocenters. The van der Waals surface area contributed by atoms with Gasteiger partial charge in [-0.1, -0.05) is 24.3 Å². The van der Waals surface area contributed by atoms with E-state index in [-0.39, 0.29) is 36.1 Å². The van der Waals surface area contributed by atoms with Gasteiger partial charge in [0.2, 0.25) is 0 Å². The van der Waals surface area contributed by atoms with Crippen LogP contribution in [0.2, 0.25) is 0 Å². The van der Waals surface area contributed by atoms with Crippen LogP contribution in [0.3, 0.4) is 0 Å². The van der Waals surface area contributed by atoms with Gasteiger partial charge in [0.25, 0.3) is 0 Å². The van der Waals surface area contributed by atoms with Crippen LogP contribution in [0.4, 0.5) is 0 Å². The van der Waals surface area contributed by atoms with E-state index in [2.05, 4.69) is 0 Å². The van der Waals surface area contributed by atoms with Crippen molar-refractivity contribution in [2.24, 2.45) is 5.73 Å². The van der Waals surface area contributed by atoms with E-state index < -0.39 is 0 Å². The topological polar surface area (TPSA) is 84.9 Å². The Balaban J connectivity index is 0.00000192. The molecule has 4 N–H and O–H groups in total. The SMILES string of the molecule is Cl.NCC1OC(COc2ccccc2)Cc2c1ccc(O)c2O. The summed E-state index contributed by atoms with van der Waals surface area (Å²) in [4.78, 5) is 0. The van der Waals surface area contributed by atoms with Gasteiger partial charge in [0.1, 0.15) is 12.4 Å². The highest BCUT2D eigenvalue weighted by Gasteiger charge is 2.30. The molecule has 0 saturated carbocycles. The van der Waals surface area contributed by atoms with E-state index in [1.54, 1.807) is 6.07 Å². The predicted molar refractivity (Wildman–Crippen MR) is 89.3 cm³/mol. The van der Waals surface area contributed by atoms with Crippen LogP contribution >= 0.6 is 12.4 Å². The van der Waals surface area contributed by atoms with E-state index in [0.717, 1.165) is 11.3 Å². The number of phenolic OH excluding ortho intramolecular Hbond substituents is 2. The molecule has 2 unspecified atom stereocenters. The third-order valence-electron chi connectivity index (χ3n) is 3.83. The molecule has 1 aliphatic rings. The monoisotopic (exact) mass is 337 g/mol. The summed E-state index contributed by atoms with van der Waals surface area (Å²) in [5, 5.41) is 19.7. The predicted octanol–water partition coefficient (Wildman–Crippen LogP) is 2.54. The van der Waals surface area contributed by atoms with Gasteiger partial charge in [-0.05, 0) is 23.8 Å². The highest BCUT2D eigenvalue weighted by Crippen LogP contribution is 2.39. The number of hydrogen-bond donors (Lipinski definition) is 3. The van der Waals surface area contributed by atoms with Crippen LogP contribution in [-0.4, -0.2) is 29.5 Å². The van der Waals surface area contributed by atoms with Crippen LogP contribution in [0.25, 0.3) is 0 Å². The molecule has 0 spiro atoms. The van der Waals surface area contributed by atoms with Gasteiger partial charge in [0.15, 0.2) is 11.5 Å². The summed E-state index contributed by atoms with van der Waals surface area (Å²) >= 11 is 0. The van der Waals surface area contributed by atoms with Gasteiger partial charge in [-0.25, -0.2) is 0 Å². The van der Waals surface area contributed by atoms with Crippen molar-refractivity contribution < 1.29 is 19.7 Å². The second-order valence-electron chi connectivity index (χ2n) is 5.31. The van der Waals surface area contributed by atoms with Crippen LogP contribution < -0.4 is 10.5 Å². The van der Waals surface area contributed by atoms with Crippen molar-refractivity contribution in [3.63, 3.8) is 0 Å². The molecule has 3 rings (SSSR count). The summed E-state index contributed by atoms with van der Waals surface area (Å²) < 4.78 is 11.6. The van der Waals surface area contributed by atoms with E-state index in [1.807, 2.05) is 30.3 Å². The second kappa shape index (κ2) is 7.55. The Kier molecular flexibility index (Phi) is 5.71. The van der Waals surface area contributed by atoms with Crippen molar-refractivity contribution in [2.45, 2.75) is 18.6 Å². The lowest BCUT2D eigenvalue weighted by Gasteiger charge is -2.32. The highest BCUT2D eigenvalue weighted by molar-refractivity contribution is 5.85. The van der Waals surface area contributed by atoms with Crippen LogP contribution in [0, 0.1) is 0 Å². The minimum absolute atomic E-state index is 0. The number of aromatic hydroxyl groups is 2. The normalized spacial score (nSPS) is 19.5. The average Bonchev–Trinajstić information content (AvgIpc) is 2.57. The molecule has 0 radical (unpaired) electrons. The Morgan fingerprint density at radius 1 is 1.13 bits per heavy atom. The quantitative estimate of drug-likeness (QED) is 0.747. The van der Waals surface area contributed by atoms with E-state index in [0.29, 0.717) is 25.1 Å². The molecule has 0 saturated heterocycles. The number of phenols is 2. The van der Waals surface area contributed by atoms with Gasteiger partial charge in [0.05, 0.1) is 12.2 Å². The minimum atomic E-state index is -0.306. The summed E-state index contributed by atoms with van der Waals surface area (Å²) in [5.41, 5.74) is 7.28. The summed E-state index contributed by atoms with van der Waals surface area (Å²) in [6.07, 6.45) is -0.0626. The molecule has 1 aliphatic heterocycles. The number of fused-ring (bicyclic) bond motifs is 1. The maximum Gasteiger partial charge on any atom is 0.161 e. The summed E-state index contributed by atoms with van der Waals surface area (Å²) in [7, 11) is 0. The lowest BCUT2D eigenvalue weighted by molar-refractivity contribution is -0.0422. The molecule has 0 bridgehead atoms. The Morgan fingerprint density at radius 2 is 1.87 bits per heavy atom. The Bertz CT molecular complexity index is 651. The first-order valence-electron chi connectivity index (χ1n) is 7.26. The van der Waals surface area contributed by atoms with Crippen molar-refractivity contribution in [3.8, 4) is 17.2 Å². The molecule has 0 aliphatic carbocycles. The van der Waals surface area contributed by atoms with Crippen molar-refractivity contribution >= 4 is 12.4 Å². The first-order chi connectivity index (χ1) is 10.7. The maximum absolute atomic E-state index is 10.1. The lowest BCUT2D eigenvalue weighted by Crippen LogP contribution is -2.34. The van der Waals surface area contributed by atoms with Crippen molar-refractivity contribution in [1.82, 2.24) is 0 Å². The first kappa shape index (κ1) is 17.4. The molecule has 124 valence electrons. The molecule has 2 aromatic carbocycles. The smallest absolute Gasteiger partial charge is 0.161 e. The fraction of sp³-hybridized carbons (Fsp3) is 0.294. The molecule has 23 heavy (non-hydrogen) atoms. The number of ether oxygens (including phenoxy) is 2. The Labute approximate surface area is 141 Å². The maximum atomic E-state index is 10.1. The van der Waals surface area contributed by atoms with Gasteiger partial charge in [-0.2, -0.15) is 0 Å². The summed E-state index contributed by atoms with van der Waals surface area (Å²) in [5.74, 6) is 0.546. The van der Waals surface area contributed by atoms with E-state index in [4.69, 9.17) is 15.2 Å². The van der Waals surface area contributed by atoms with E-state index >= 15 is 0 Å². The molecule has 0 fully saturated rings. The lowest BCUT2D eigenvalue weighted by atomic mass is 9.93. The molecule has 6 heteroatoms. The number of halogens is 1. The Hall–Kier alpha value is -1.95. The number of para-hydroxylation sites is 1. The second-order valence-corrected chi connectivity index (χ2v) is 5.31. The molecule has 1 heterocycles. The van der Waals surface area contributed by atoms with E-state index in [9.17, 15) is 10.2 Å². The van der Waals surface area contributed by atoms with Gasteiger partial charge < -0.3 is 25.4 Å². The van der Waals surface area contributed by atoms with Crippen LogP contribution in [0.5, 0.6) is 17.2 Å². The van der Waals surface area contributed by atoms with Crippen molar-refractivity contribution in [2.75, 3.05) is 13.2 Å². The third kappa shape index (κ3) is 3.69. The van der Waals surface area contributed by atoms with Gasteiger partial charge in [-0.15, -0.1) is 12.4 Å². The molecule has 0 aromatic heterocycles. The summed E-state index contributed by atoms with van der Waals surface area (Å²) in [6.45, 7) is 0.661. The zero-order chi connectivity index (χ0) is 15.5. The summed E-state index contributed by atoms with van der Waals surface area (Å²) in [6, 6.07) is 12.7. The van der Waals surface area contributed by atoms with Gasteiger partial charge >= 0.3 is 0 Å². The standard InChI is InChI=1S/C17H19NO4.ClH/c18-9-16-13-6-7-15(19)17(20)14(13)8-12(22-16)10-21-11-4-2-1-3-5-11;/h1-7,12,16,19-20H,8-10,18H2;1H. The molecule has 5 nitrogen and oxygen atoms in total. The van der Waals surface area contributed by atoms with Crippen LogP contribution in [0.1, 0.15) is 17.2 Å². The minimum Gasteiger partial charge on any atom is -0.504 e. The van der Waals surface area contributed by atoms with Crippen molar-refractivity contribution in [3.05, 3.63) is 53.6 Å². The fourth-order valence-corrected chi connectivity index (χ4v) is 2.72. The number of benzene rings is 2. The van der Waals surface area contributed by atoms with E-state index in [1.165, 1.54) is 6.07 Å². The molecular formula is C17H20ClNO4. The zero-order valence-corrected chi connectivity index (χ0v) is 13.3. The Morgan fingerprint density at radius 3 is 2.57 bits per heavy atom. The van der Waals surface area contributed by atoms with Crippen LogP contribution in [-0.2, 0) is 11.2 Å². The van der Waals surface area contributed by atoms with Gasteiger partial charge in [-0.3, -0.25) is 0 Å². The molecular weight excluding hydrogens is 318 g/mol. The zero-order valence-electron chi connectivity index (χ0n) is 12.5. The number of rotatable bonds is 4. The largest absolute Gasteiger partial charge is 0.504 e. The van der Waals surface area contributed by atoms with Gasteiger partial charge in [0, 0.05) is 18.5 Å². The first-order valence-corrected chi connectivity index (χ1v) is 7.26. The highest BCUT2D eigenvalue weighted by atomic mass is 35.5. The molecule has 2 aromatic rings.